The van der Waals surface area contributed by atoms with Crippen LogP contribution in [-0.4, -0.2) is 49.1 Å². The maximum atomic E-state index is 14.4. The van der Waals surface area contributed by atoms with E-state index >= 15 is 0 Å². The minimum Gasteiger partial charge on any atom is -0.371 e. The Hall–Kier alpha value is -2.68. The molecule has 7 nitrogen and oxygen atoms in total. The summed E-state index contributed by atoms with van der Waals surface area (Å²) in [6.45, 7) is 1.82. The zero-order valence-electron chi connectivity index (χ0n) is 20.7. The van der Waals surface area contributed by atoms with Gasteiger partial charge in [-0.1, -0.05) is 30.5 Å². The Morgan fingerprint density at radius 2 is 1.83 bits per heavy atom. The summed E-state index contributed by atoms with van der Waals surface area (Å²) in [5.41, 5.74) is 2.73. The normalized spacial score (nSPS) is 17.4. The number of benzene rings is 2. The van der Waals surface area contributed by atoms with E-state index in [1.807, 2.05) is 6.07 Å². The number of ether oxygens (including phenoxy) is 2. The van der Waals surface area contributed by atoms with E-state index in [0.717, 1.165) is 68.3 Å². The molecule has 0 unspecified atom stereocenters. The van der Waals surface area contributed by atoms with E-state index in [9.17, 15) is 9.18 Å². The molecule has 36 heavy (non-hydrogen) atoms. The van der Waals surface area contributed by atoms with Crippen LogP contribution in [0.5, 0.6) is 0 Å². The van der Waals surface area contributed by atoms with Crippen molar-refractivity contribution >= 4 is 40.2 Å². The number of anilines is 2. The number of halogens is 2. The zero-order valence-corrected chi connectivity index (χ0v) is 21.4. The Bertz CT molecular complexity index is 1210. The van der Waals surface area contributed by atoms with Gasteiger partial charge in [-0.25, -0.2) is 9.37 Å². The molecular formula is C27H32ClFN4O3. The second kappa shape index (κ2) is 10.7. The molecule has 0 atom stereocenters. The van der Waals surface area contributed by atoms with Gasteiger partial charge in [-0.2, -0.15) is 0 Å². The quantitative estimate of drug-likeness (QED) is 0.390. The van der Waals surface area contributed by atoms with E-state index in [-0.39, 0.29) is 22.9 Å². The Labute approximate surface area is 215 Å². The first kappa shape index (κ1) is 25.0. The average molecular weight is 515 g/mol. The molecule has 2 fully saturated rings. The predicted molar refractivity (Wildman–Crippen MR) is 139 cm³/mol. The second-order valence-corrected chi connectivity index (χ2v) is 10.0. The minimum absolute atomic E-state index is 0.0749. The van der Waals surface area contributed by atoms with Crippen LogP contribution in [-0.2, 0) is 9.47 Å². The van der Waals surface area contributed by atoms with Gasteiger partial charge in [-0.3, -0.25) is 10.1 Å². The highest BCUT2D eigenvalue weighted by Crippen LogP contribution is 2.37. The molecule has 9 heteroatoms. The Kier molecular flexibility index (Phi) is 7.46. The number of amides is 1. The number of rotatable bonds is 7. The Balaban J connectivity index is 1.45. The molecule has 1 saturated heterocycles. The number of hydrogen-bond donors (Lipinski definition) is 1. The fraction of sp³-hybridized carbons (Fsp3) is 0.481. The lowest BCUT2D eigenvalue weighted by Crippen LogP contribution is -2.39. The van der Waals surface area contributed by atoms with Crippen molar-refractivity contribution in [3.63, 3.8) is 0 Å². The van der Waals surface area contributed by atoms with Gasteiger partial charge in [0.1, 0.15) is 5.82 Å². The van der Waals surface area contributed by atoms with Gasteiger partial charge in [0.05, 0.1) is 21.6 Å². The summed E-state index contributed by atoms with van der Waals surface area (Å²) < 4.78 is 27.5. The third-order valence-corrected chi connectivity index (χ3v) is 7.85. The van der Waals surface area contributed by atoms with E-state index < -0.39 is 11.7 Å². The molecule has 1 aromatic heterocycles. The number of nitrogens with zero attached hydrogens (tertiary/aromatic N) is 3. The van der Waals surface area contributed by atoms with Crippen molar-refractivity contribution in [1.82, 2.24) is 9.55 Å². The van der Waals surface area contributed by atoms with Crippen molar-refractivity contribution in [1.29, 1.82) is 0 Å². The number of carbonyl (C=O) groups excluding carboxylic acids is 1. The van der Waals surface area contributed by atoms with Gasteiger partial charge < -0.3 is 18.9 Å². The Morgan fingerprint density at radius 3 is 2.50 bits per heavy atom. The van der Waals surface area contributed by atoms with Crippen LogP contribution < -0.4 is 10.2 Å². The van der Waals surface area contributed by atoms with E-state index in [1.165, 1.54) is 18.2 Å². The molecule has 0 radical (unpaired) electrons. The monoisotopic (exact) mass is 514 g/mol. The number of nitrogens with one attached hydrogen (secondary N) is 1. The molecule has 192 valence electrons. The van der Waals surface area contributed by atoms with Gasteiger partial charge in [0.15, 0.2) is 6.29 Å². The van der Waals surface area contributed by atoms with Crippen molar-refractivity contribution in [3.05, 3.63) is 52.8 Å². The van der Waals surface area contributed by atoms with E-state index in [4.69, 9.17) is 26.1 Å². The summed E-state index contributed by atoms with van der Waals surface area (Å²) >= 11 is 6.14. The van der Waals surface area contributed by atoms with Crippen molar-refractivity contribution in [3.8, 4) is 0 Å². The summed E-state index contributed by atoms with van der Waals surface area (Å²) in [7, 11) is 3.38. The topological polar surface area (TPSA) is 68.6 Å². The number of hydrogen-bond acceptors (Lipinski definition) is 5. The molecule has 0 bridgehead atoms. The van der Waals surface area contributed by atoms with E-state index in [2.05, 4.69) is 26.9 Å². The third-order valence-electron chi connectivity index (χ3n) is 7.53. The molecule has 1 amide bonds. The van der Waals surface area contributed by atoms with Gasteiger partial charge in [-0.15, -0.1) is 0 Å². The first-order valence-corrected chi connectivity index (χ1v) is 13.0. The van der Waals surface area contributed by atoms with Gasteiger partial charge in [0.2, 0.25) is 5.95 Å². The number of carbonyl (C=O) groups is 1. The fourth-order valence-electron chi connectivity index (χ4n) is 5.69. The van der Waals surface area contributed by atoms with Crippen molar-refractivity contribution in [2.75, 3.05) is 37.5 Å². The van der Waals surface area contributed by atoms with Crippen LogP contribution in [0.3, 0.4) is 0 Å². The van der Waals surface area contributed by atoms with Crippen molar-refractivity contribution in [2.24, 2.45) is 5.92 Å². The van der Waals surface area contributed by atoms with Gasteiger partial charge in [0.25, 0.3) is 5.91 Å². The number of imidazole rings is 1. The molecule has 1 aliphatic carbocycles. The van der Waals surface area contributed by atoms with Gasteiger partial charge in [0, 0.05) is 45.0 Å². The van der Waals surface area contributed by atoms with Crippen molar-refractivity contribution < 1.29 is 18.7 Å². The Morgan fingerprint density at radius 1 is 1.11 bits per heavy atom. The molecule has 1 saturated carbocycles. The standard InChI is InChI=1S/C27H32ClFN4O3/c1-35-26(36-2)17-12-14-32(15-13-17)19-10-11-22-23(16-19)33(18-6-3-4-7-18)27(30-22)31-25(34)24-20(28)8-5-9-21(24)29/h5,8-11,16-18,26H,3-4,6-7,12-15H2,1-2H3,(H,30,31,34). The lowest BCUT2D eigenvalue weighted by atomic mass is 9.95. The number of fused-ring (bicyclic) bond motifs is 1. The maximum Gasteiger partial charge on any atom is 0.262 e. The molecule has 1 aliphatic heterocycles. The maximum absolute atomic E-state index is 14.4. The van der Waals surface area contributed by atoms with E-state index in [1.54, 1.807) is 14.2 Å². The van der Waals surface area contributed by atoms with Crippen LogP contribution in [0.15, 0.2) is 36.4 Å². The summed E-state index contributed by atoms with van der Waals surface area (Å²) in [4.78, 5) is 20.1. The second-order valence-electron chi connectivity index (χ2n) is 9.63. The molecule has 3 aromatic rings. The smallest absolute Gasteiger partial charge is 0.262 e. The first-order valence-electron chi connectivity index (χ1n) is 12.6. The van der Waals surface area contributed by atoms with E-state index in [0.29, 0.717) is 11.9 Å². The van der Waals surface area contributed by atoms with Crippen LogP contribution in [0.1, 0.15) is 54.9 Å². The summed E-state index contributed by atoms with van der Waals surface area (Å²) in [5, 5.41) is 2.93. The summed E-state index contributed by atoms with van der Waals surface area (Å²) in [5.74, 6) is -0.449. The molecule has 2 aliphatic rings. The minimum atomic E-state index is -0.654. The molecule has 1 N–H and O–H groups in total. The summed E-state index contributed by atoms with van der Waals surface area (Å²) in [6, 6.07) is 10.7. The lowest BCUT2D eigenvalue weighted by Gasteiger charge is -2.36. The SMILES string of the molecule is COC(OC)C1CCN(c2ccc3nc(NC(=O)c4c(F)cccc4Cl)n(C4CCCC4)c3c2)CC1. The van der Waals surface area contributed by atoms with Gasteiger partial charge in [-0.05, 0) is 56.0 Å². The van der Waals surface area contributed by atoms with Crippen molar-refractivity contribution in [2.45, 2.75) is 50.9 Å². The van der Waals surface area contributed by atoms with Crippen LogP contribution in [0.25, 0.3) is 11.0 Å². The molecule has 2 aromatic carbocycles. The van der Waals surface area contributed by atoms with Gasteiger partial charge >= 0.3 is 0 Å². The highest BCUT2D eigenvalue weighted by atomic mass is 35.5. The van der Waals surface area contributed by atoms with Crippen LogP contribution >= 0.6 is 11.6 Å². The predicted octanol–water partition coefficient (Wildman–Crippen LogP) is 6.03. The largest absolute Gasteiger partial charge is 0.371 e. The zero-order chi connectivity index (χ0) is 25.2. The molecule has 0 spiro atoms. The number of piperidine rings is 1. The van der Waals surface area contributed by atoms with Crippen LogP contribution in [0, 0.1) is 11.7 Å². The molecule has 2 heterocycles. The third kappa shape index (κ3) is 4.82. The average Bonchev–Trinajstić information content (AvgIpc) is 3.52. The van der Waals surface area contributed by atoms with Crippen LogP contribution in [0.2, 0.25) is 5.02 Å². The van der Waals surface area contributed by atoms with Crippen LogP contribution in [0.4, 0.5) is 16.0 Å². The summed E-state index contributed by atoms with van der Waals surface area (Å²) in [6.07, 6.45) is 6.08. The highest BCUT2D eigenvalue weighted by molar-refractivity contribution is 6.34. The highest BCUT2D eigenvalue weighted by Gasteiger charge is 2.28. The molecular weight excluding hydrogens is 483 g/mol. The number of methoxy groups -OCH3 is 2. The fourth-order valence-corrected chi connectivity index (χ4v) is 5.94. The number of aromatic nitrogens is 2. The lowest BCUT2D eigenvalue weighted by molar-refractivity contribution is -0.141. The first-order chi connectivity index (χ1) is 17.5. The molecule has 5 rings (SSSR count).